The summed E-state index contributed by atoms with van der Waals surface area (Å²) < 4.78 is 6.86. The van der Waals surface area contributed by atoms with Gasteiger partial charge in [-0.25, -0.2) is 0 Å². The molecule has 6 aliphatic carbocycles. The normalized spacial score (nSPS) is 57.1. The van der Waals surface area contributed by atoms with Crippen LogP contribution < -0.4 is 0 Å². The van der Waals surface area contributed by atoms with Crippen LogP contribution in [-0.4, -0.2) is 22.4 Å². The molecular weight excluding hydrogens is 404 g/mol. The summed E-state index contributed by atoms with van der Waals surface area (Å²) in [6.07, 6.45) is 21.3. The van der Waals surface area contributed by atoms with Gasteiger partial charge in [0.2, 0.25) is 0 Å². The number of ether oxygens (including phenoxy) is 1. The number of allylic oxidation sites excluding steroid dienone is 1. The Morgan fingerprint density at radius 2 is 1.67 bits per heavy atom. The lowest BCUT2D eigenvalue weighted by Gasteiger charge is -2.57. The Morgan fingerprint density at radius 1 is 0.818 bits per heavy atom. The predicted octanol–water partition coefficient (Wildman–Crippen LogP) is 7.44. The van der Waals surface area contributed by atoms with Gasteiger partial charge in [-0.05, 0) is 124 Å². The van der Waals surface area contributed by atoms with Gasteiger partial charge in [-0.3, -0.25) is 0 Å². The molecule has 0 aromatic carbocycles. The van der Waals surface area contributed by atoms with Crippen molar-refractivity contribution in [3.63, 3.8) is 0 Å². The molecule has 0 aromatic rings. The molecule has 10 atom stereocenters. The molecule has 2 heteroatoms. The Balaban J connectivity index is 1.14. The molecule has 1 saturated heterocycles. The molecule has 0 radical (unpaired) electrons. The minimum atomic E-state index is -0.336. The Morgan fingerprint density at radius 3 is 2.52 bits per heavy atom. The summed E-state index contributed by atoms with van der Waals surface area (Å²) in [5.74, 6) is 4.61. The first-order valence-corrected chi connectivity index (χ1v) is 14.8. The van der Waals surface area contributed by atoms with Crippen LogP contribution in [0.1, 0.15) is 117 Å². The third-order valence-corrected chi connectivity index (χ3v) is 12.8. The van der Waals surface area contributed by atoms with Gasteiger partial charge in [-0.2, -0.15) is 0 Å². The summed E-state index contributed by atoms with van der Waals surface area (Å²) in [6, 6.07) is 0. The molecule has 0 amide bonds. The Labute approximate surface area is 202 Å². The smallest absolute Gasteiger partial charge is 0.0957 e. The van der Waals surface area contributed by atoms with Crippen LogP contribution in [0.2, 0.25) is 0 Å². The zero-order chi connectivity index (χ0) is 22.6. The molecule has 2 spiro atoms. The monoisotopic (exact) mass is 452 g/mol. The molecule has 2 nitrogen and oxygen atoms in total. The minimum absolute atomic E-state index is 0.220. The van der Waals surface area contributed by atoms with Crippen LogP contribution in [0, 0.1) is 46.3 Å². The quantitative estimate of drug-likeness (QED) is 0.331. The van der Waals surface area contributed by atoms with E-state index in [0.29, 0.717) is 22.9 Å². The van der Waals surface area contributed by atoms with E-state index in [1.807, 2.05) is 0 Å². The summed E-state index contributed by atoms with van der Waals surface area (Å²) in [6.45, 7) is 9.85. The van der Waals surface area contributed by atoms with Crippen molar-refractivity contribution in [1.82, 2.24) is 0 Å². The molecular formula is C31H48O2. The third-order valence-electron chi connectivity index (χ3n) is 12.8. The average molecular weight is 453 g/mol. The van der Waals surface area contributed by atoms with E-state index in [1.165, 1.54) is 89.9 Å². The summed E-state index contributed by atoms with van der Waals surface area (Å²) in [7, 11) is 0. The van der Waals surface area contributed by atoms with Gasteiger partial charge in [0, 0.05) is 5.41 Å². The first-order valence-electron chi connectivity index (χ1n) is 14.8. The Bertz CT molecular complexity index is 831. The number of fused-ring (bicyclic) bond motifs is 5. The number of rotatable bonds is 1. The van der Waals surface area contributed by atoms with Crippen LogP contribution in [0.3, 0.4) is 0 Å². The number of aliphatic hydroxyl groups is 1. The molecule has 1 aliphatic heterocycles. The summed E-state index contributed by atoms with van der Waals surface area (Å²) in [4.78, 5) is 0. The second-order valence-corrected chi connectivity index (χ2v) is 15.0. The van der Waals surface area contributed by atoms with Gasteiger partial charge < -0.3 is 9.84 Å². The zero-order valence-corrected chi connectivity index (χ0v) is 21.4. The molecule has 184 valence electrons. The maximum atomic E-state index is 11.5. The van der Waals surface area contributed by atoms with Gasteiger partial charge in [0.05, 0.1) is 17.3 Å². The predicted molar refractivity (Wildman–Crippen MR) is 133 cm³/mol. The van der Waals surface area contributed by atoms with E-state index in [9.17, 15) is 5.11 Å². The van der Waals surface area contributed by atoms with E-state index in [4.69, 9.17) is 11.3 Å². The highest BCUT2D eigenvalue weighted by Gasteiger charge is 2.70. The van der Waals surface area contributed by atoms with E-state index in [2.05, 4.69) is 13.8 Å². The highest BCUT2D eigenvalue weighted by molar-refractivity contribution is 5.25. The Hall–Kier alpha value is -0.340. The van der Waals surface area contributed by atoms with Gasteiger partial charge >= 0.3 is 0 Å². The maximum absolute atomic E-state index is 11.5. The molecule has 0 unspecified atom stereocenters. The fourth-order valence-electron chi connectivity index (χ4n) is 11.5. The molecule has 1 N–H and O–H groups in total. The first kappa shape index (κ1) is 21.9. The molecule has 7 rings (SSSR count). The van der Waals surface area contributed by atoms with Crippen LogP contribution in [0.25, 0.3) is 0 Å². The van der Waals surface area contributed by atoms with Crippen molar-refractivity contribution in [2.75, 3.05) is 0 Å². The molecule has 2 bridgehead atoms. The number of hydrogen-bond donors (Lipinski definition) is 1. The van der Waals surface area contributed by atoms with Crippen LogP contribution >= 0.6 is 0 Å². The second kappa shape index (κ2) is 7.12. The van der Waals surface area contributed by atoms with Crippen molar-refractivity contribution in [2.24, 2.45) is 46.3 Å². The van der Waals surface area contributed by atoms with Crippen molar-refractivity contribution >= 4 is 0 Å². The second-order valence-electron chi connectivity index (χ2n) is 15.0. The van der Waals surface area contributed by atoms with E-state index >= 15 is 0 Å². The highest BCUT2D eigenvalue weighted by atomic mass is 16.6. The molecule has 7 fully saturated rings. The summed E-state index contributed by atoms with van der Waals surface area (Å²) in [5, 5.41) is 11.5. The number of epoxide rings is 1. The van der Waals surface area contributed by atoms with Crippen molar-refractivity contribution in [2.45, 2.75) is 134 Å². The van der Waals surface area contributed by atoms with Crippen LogP contribution in [0.15, 0.2) is 12.2 Å². The van der Waals surface area contributed by atoms with Gasteiger partial charge in [0.15, 0.2) is 0 Å². The van der Waals surface area contributed by atoms with E-state index in [-0.39, 0.29) is 11.2 Å². The molecule has 7 aliphatic rings. The van der Waals surface area contributed by atoms with Crippen molar-refractivity contribution in [1.29, 1.82) is 0 Å². The van der Waals surface area contributed by atoms with Crippen molar-refractivity contribution in [3.8, 4) is 0 Å². The lowest BCUT2D eigenvalue weighted by molar-refractivity contribution is -0.0985. The van der Waals surface area contributed by atoms with Gasteiger partial charge in [-0.15, -0.1) is 0 Å². The molecule has 0 aromatic heterocycles. The van der Waals surface area contributed by atoms with E-state index in [1.54, 1.807) is 5.57 Å². The SMILES string of the molecule is C=C1C[C@]2(CC[C@@H]([C@H]3CC[C@@H]4CCCC[C@]4(O)C3)C2)[C@@H]2O[C@@]23CCC[C@@H](C3)[C@@H]2[C@@H]1CC2(C)C. The average Bonchev–Trinajstić information content (AvgIpc) is 3.28. The summed E-state index contributed by atoms with van der Waals surface area (Å²) in [5.41, 5.74) is 2.32. The molecule has 33 heavy (non-hydrogen) atoms. The molecule has 6 saturated carbocycles. The van der Waals surface area contributed by atoms with Crippen LogP contribution in [0.4, 0.5) is 0 Å². The minimum Gasteiger partial charge on any atom is -0.390 e. The first-order chi connectivity index (χ1) is 15.7. The summed E-state index contributed by atoms with van der Waals surface area (Å²) >= 11 is 0. The lowest BCUT2D eigenvalue weighted by atomic mass is 9.48. The van der Waals surface area contributed by atoms with Gasteiger partial charge in [-0.1, -0.05) is 45.3 Å². The third kappa shape index (κ3) is 3.18. The topological polar surface area (TPSA) is 32.8 Å². The van der Waals surface area contributed by atoms with E-state index < -0.39 is 0 Å². The van der Waals surface area contributed by atoms with Crippen LogP contribution in [0.5, 0.6) is 0 Å². The van der Waals surface area contributed by atoms with E-state index in [0.717, 1.165) is 42.4 Å². The highest BCUT2D eigenvalue weighted by Crippen LogP contribution is 2.70. The van der Waals surface area contributed by atoms with Gasteiger partial charge in [0.25, 0.3) is 0 Å². The fourth-order valence-corrected chi connectivity index (χ4v) is 11.5. The van der Waals surface area contributed by atoms with Crippen LogP contribution in [-0.2, 0) is 4.74 Å². The number of hydrogen-bond acceptors (Lipinski definition) is 2. The standard InChI is InChI=1S/C31H48O2/c1-20-15-29(14-11-22(16-29)21-9-10-24-8-4-5-12-30(24,32)17-21)27-31(33-27)13-6-7-23(18-31)26-25(20)19-28(26,2)3/h21-27,32H,1,4-19H2,2-3H3/t21-,22+,23-,24-,25+,26+,27-,29-,30-,31+/m0/s1. The lowest BCUT2D eigenvalue weighted by Crippen LogP contribution is -2.50. The van der Waals surface area contributed by atoms with Crippen molar-refractivity contribution < 1.29 is 9.84 Å². The zero-order valence-electron chi connectivity index (χ0n) is 21.4. The fraction of sp³-hybridized carbons (Fsp3) is 0.935. The van der Waals surface area contributed by atoms with Gasteiger partial charge in [0.1, 0.15) is 0 Å². The maximum Gasteiger partial charge on any atom is 0.0957 e. The van der Waals surface area contributed by atoms with Crippen molar-refractivity contribution in [3.05, 3.63) is 12.2 Å². The molecule has 1 heterocycles. The Kier molecular flexibility index (Phi) is 4.72. The largest absolute Gasteiger partial charge is 0.390 e.